The summed E-state index contributed by atoms with van der Waals surface area (Å²) >= 11 is 9.69. The minimum Gasteiger partial charge on any atom is -0.387 e. The average molecular weight is 447 g/mol. The Balaban J connectivity index is 1.97. The Bertz CT molecular complexity index is 795. The van der Waals surface area contributed by atoms with Crippen LogP contribution in [0.5, 0.6) is 0 Å². The summed E-state index contributed by atoms with van der Waals surface area (Å²) in [5.74, 6) is 1.10. The summed E-state index contributed by atoms with van der Waals surface area (Å²) in [5.41, 5.74) is -0.715. The molecule has 0 bridgehead atoms. The number of nitrogens with zero attached hydrogens (tertiary/aromatic N) is 3. The first-order valence-electron chi connectivity index (χ1n) is 8.48. The topological polar surface area (TPSA) is 73.3 Å². The fraction of sp³-hybridized carbons (Fsp3) is 0.529. The van der Waals surface area contributed by atoms with E-state index in [9.17, 15) is 9.50 Å². The molecule has 1 saturated heterocycles. The van der Waals surface area contributed by atoms with E-state index >= 15 is 0 Å². The molecule has 2 heterocycles. The summed E-state index contributed by atoms with van der Waals surface area (Å²) < 4.78 is 14.8. The normalized spacial score (nSPS) is 16.8. The number of alkyl halides is 1. The first-order valence-corrected chi connectivity index (χ1v) is 9.65. The summed E-state index contributed by atoms with van der Waals surface area (Å²) in [6.07, 6.45) is -1.44. The Morgan fingerprint density at radius 3 is 2.73 bits per heavy atom. The Hall–Kier alpha value is -1.22. The van der Waals surface area contributed by atoms with Crippen molar-refractivity contribution in [2.24, 2.45) is 0 Å². The third-order valence-corrected chi connectivity index (χ3v) is 5.54. The summed E-state index contributed by atoms with van der Waals surface area (Å²) in [5, 5.41) is 17.4. The summed E-state index contributed by atoms with van der Waals surface area (Å²) in [6.45, 7) is 6.15. The molecule has 1 aliphatic rings. The zero-order valence-corrected chi connectivity index (χ0v) is 17.0. The van der Waals surface area contributed by atoms with E-state index in [1.54, 1.807) is 0 Å². The van der Waals surface area contributed by atoms with Gasteiger partial charge in [0.1, 0.15) is 12.0 Å². The van der Waals surface area contributed by atoms with Gasteiger partial charge >= 0.3 is 0 Å². The maximum absolute atomic E-state index is 14.1. The van der Waals surface area contributed by atoms with Crippen molar-refractivity contribution in [1.82, 2.24) is 15.3 Å². The molecular weight excluding hydrogens is 425 g/mol. The molecule has 0 saturated carbocycles. The highest BCUT2D eigenvalue weighted by atomic mass is 79.9. The number of hydrogen-bond acceptors (Lipinski definition) is 6. The van der Waals surface area contributed by atoms with Crippen molar-refractivity contribution >= 4 is 50.2 Å². The lowest BCUT2D eigenvalue weighted by Gasteiger charge is -2.29. The second-order valence-corrected chi connectivity index (χ2v) is 8.15. The molecule has 9 heteroatoms. The summed E-state index contributed by atoms with van der Waals surface area (Å²) in [7, 11) is 0. The van der Waals surface area contributed by atoms with Gasteiger partial charge in [-0.25, -0.2) is 9.37 Å². The van der Waals surface area contributed by atoms with Crippen molar-refractivity contribution in [3.63, 3.8) is 0 Å². The van der Waals surface area contributed by atoms with E-state index in [1.165, 1.54) is 13.8 Å². The van der Waals surface area contributed by atoms with Crippen LogP contribution < -0.4 is 15.5 Å². The van der Waals surface area contributed by atoms with Crippen molar-refractivity contribution < 1.29 is 9.50 Å². The number of nitrogens with one attached hydrogen (secondary N) is 2. The van der Waals surface area contributed by atoms with Gasteiger partial charge < -0.3 is 20.6 Å². The number of rotatable bonds is 5. The van der Waals surface area contributed by atoms with Gasteiger partial charge in [-0.15, -0.1) is 0 Å². The monoisotopic (exact) mass is 445 g/mol. The van der Waals surface area contributed by atoms with Gasteiger partial charge in [0.15, 0.2) is 0 Å². The van der Waals surface area contributed by atoms with Crippen LogP contribution in [0.2, 0.25) is 5.02 Å². The highest BCUT2D eigenvalue weighted by Gasteiger charge is 2.26. The van der Waals surface area contributed by atoms with Gasteiger partial charge in [-0.3, -0.25) is 0 Å². The van der Waals surface area contributed by atoms with E-state index in [4.69, 9.17) is 11.6 Å². The standard InChI is InChI=1S/C17H22BrClFN5O/c1-17(2,26)14(20)9-22-16-23-13-8-11(18)12(19)7-10(13)15(24-16)25-5-3-21-4-6-25/h7-8,14,21,26H,3-6,9H2,1-2H3,(H,22,23,24)/t14-/m1/s1. The number of piperazine rings is 1. The molecule has 0 radical (unpaired) electrons. The third kappa shape index (κ3) is 4.36. The van der Waals surface area contributed by atoms with Gasteiger partial charge in [0.05, 0.1) is 22.7 Å². The van der Waals surface area contributed by atoms with Crippen LogP contribution in [-0.2, 0) is 0 Å². The molecule has 0 unspecified atom stereocenters. The molecule has 142 valence electrons. The fourth-order valence-electron chi connectivity index (χ4n) is 2.73. The lowest BCUT2D eigenvalue weighted by atomic mass is 10.0. The predicted molar refractivity (Wildman–Crippen MR) is 107 cm³/mol. The molecule has 1 atom stereocenters. The Morgan fingerprint density at radius 1 is 1.38 bits per heavy atom. The van der Waals surface area contributed by atoms with Crippen LogP contribution in [0.4, 0.5) is 16.2 Å². The molecule has 6 nitrogen and oxygen atoms in total. The number of halogens is 3. The van der Waals surface area contributed by atoms with E-state index in [-0.39, 0.29) is 6.54 Å². The van der Waals surface area contributed by atoms with Crippen LogP contribution in [0.1, 0.15) is 13.8 Å². The SMILES string of the molecule is CC(C)(O)[C@H](F)CNc1nc(N2CCNCC2)c2cc(Cl)c(Br)cc2n1. The van der Waals surface area contributed by atoms with Crippen molar-refractivity contribution in [3.05, 3.63) is 21.6 Å². The highest BCUT2D eigenvalue weighted by Crippen LogP contribution is 2.33. The average Bonchev–Trinajstić information content (AvgIpc) is 2.60. The quantitative estimate of drug-likeness (QED) is 0.656. The van der Waals surface area contributed by atoms with Crippen LogP contribution in [0.25, 0.3) is 10.9 Å². The molecule has 1 aromatic carbocycles. The van der Waals surface area contributed by atoms with Crippen molar-refractivity contribution in [2.45, 2.75) is 25.6 Å². The number of anilines is 2. The molecule has 0 aliphatic carbocycles. The zero-order chi connectivity index (χ0) is 18.9. The van der Waals surface area contributed by atoms with Crippen LogP contribution in [0.3, 0.4) is 0 Å². The van der Waals surface area contributed by atoms with Crippen LogP contribution in [-0.4, -0.2) is 59.6 Å². The van der Waals surface area contributed by atoms with Crippen molar-refractivity contribution in [3.8, 4) is 0 Å². The smallest absolute Gasteiger partial charge is 0.225 e. The van der Waals surface area contributed by atoms with Crippen molar-refractivity contribution in [2.75, 3.05) is 42.9 Å². The van der Waals surface area contributed by atoms with E-state index in [1.807, 2.05) is 12.1 Å². The molecule has 3 rings (SSSR count). The van der Waals surface area contributed by atoms with Gasteiger partial charge in [-0.05, 0) is 41.9 Å². The van der Waals surface area contributed by atoms with Gasteiger partial charge in [0.2, 0.25) is 5.95 Å². The number of aromatic nitrogens is 2. The second kappa shape index (κ2) is 7.80. The molecule has 0 amide bonds. The fourth-order valence-corrected chi connectivity index (χ4v) is 3.23. The summed E-state index contributed by atoms with van der Waals surface area (Å²) in [4.78, 5) is 11.3. The highest BCUT2D eigenvalue weighted by molar-refractivity contribution is 9.10. The minimum atomic E-state index is -1.44. The minimum absolute atomic E-state index is 0.0786. The molecule has 3 N–H and O–H groups in total. The largest absolute Gasteiger partial charge is 0.387 e. The molecule has 1 aliphatic heterocycles. The maximum atomic E-state index is 14.1. The number of hydrogen-bond donors (Lipinski definition) is 3. The van der Waals surface area contributed by atoms with Crippen LogP contribution in [0, 0.1) is 0 Å². The molecule has 1 aromatic heterocycles. The lowest BCUT2D eigenvalue weighted by molar-refractivity contribution is 0.00318. The first-order chi connectivity index (χ1) is 12.3. The van der Waals surface area contributed by atoms with E-state index < -0.39 is 11.8 Å². The molecule has 26 heavy (non-hydrogen) atoms. The van der Waals surface area contributed by atoms with Crippen molar-refractivity contribution in [1.29, 1.82) is 0 Å². The Morgan fingerprint density at radius 2 is 2.08 bits per heavy atom. The second-order valence-electron chi connectivity index (χ2n) is 6.89. The van der Waals surface area contributed by atoms with E-state index in [0.29, 0.717) is 16.5 Å². The van der Waals surface area contributed by atoms with Gasteiger partial charge in [0.25, 0.3) is 0 Å². The van der Waals surface area contributed by atoms with E-state index in [2.05, 4.69) is 41.4 Å². The van der Waals surface area contributed by atoms with Crippen LogP contribution in [0.15, 0.2) is 16.6 Å². The van der Waals surface area contributed by atoms with Gasteiger partial charge in [-0.2, -0.15) is 4.98 Å². The number of fused-ring (bicyclic) bond motifs is 1. The van der Waals surface area contributed by atoms with Crippen LogP contribution >= 0.6 is 27.5 Å². The van der Waals surface area contributed by atoms with E-state index in [0.717, 1.165) is 41.9 Å². The first kappa shape index (κ1) is 19.5. The number of benzene rings is 1. The Labute approximate surface area is 165 Å². The lowest BCUT2D eigenvalue weighted by Crippen LogP contribution is -2.44. The maximum Gasteiger partial charge on any atom is 0.225 e. The molecular formula is C17H22BrClFN5O. The van der Waals surface area contributed by atoms with Gasteiger partial charge in [-0.1, -0.05) is 11.6 Å². The predicted octanol–water partition coefficient (Wildman–Crippen LogP) is 2.98. The zero-order valence-electron chi connectivity index (χ0n) is 14.7. The molecule has 2 aromatic rings. The number of aliphatic hydroxyl groups is 1. The summed E-state index contributed by atoms with van der Waals surface area (Å²) in [6, 6.07) is 3.68. The third-order valence-electron chi connectivity index (χ3n) is 4.34. The Kier molecular flexibility index (Phi) is 5.86. The molecule has 1 fully saturated rings. The van der Waals surface area contributed by atoms with Gasteiger partial charge in [0, 0.05) is 36.0 Å². The molecule has 0 spiro atoms.